The van der Waals surface area contributed by atoms with Crippen LogP contribution < -0.4 is 27.0 Å². The highest BCUT2D eigenvalue weighted by Crippen LogP contribution is 2.11. The molecule has 2 rings (SSSR count). The van der Waals surface area contributed by atoms with Gasteiger partial charge in [-0.3, -0.25) is 24.0 Å². The first-order valence-corrected chi connectivity index (χ1v) is 13.8. The molecule has 0 aromatic heterocycles. The van der Waals surface area contributed by atoms with E-state index in [1.165, 1.54) is 12.1 Å². The Morgan fingerprint density at radius 3 is 1.82 bits per heavy atom. The van der Waals surface area contributed by atoms with Crippen molar-refractivity contribution in [2.24, 2.45) is 11.7 Å². The van der Waals surface area contributed by atoms with Crippen LogP contribution in [0.2, 0.25) is 0 Å². The van der Waals surface area contributed by atoms with E-state index in [4.69, 9.17) is 15.6 Å². The Kier molecular flexibility index (Phi) is 16.2. The van der Waals surface area contributed by atoms with Gasteiger partial charge in [-0.1, -0.05) is 56.3 Å². The largest absolute Gasteiger partial charge is 0.508 e. The average Bonchev–Trinajstić information content (AvgIpc) is 2.95. The summed E-state index contributed by atoms with van der Waals surface area (Å²) in [5.41, 5.74) is 7.35. The minimum Gasteiger partial charge on any atom is -0.508 e. The molecule has 0 heterocycles. The molecular weight excluding hydrogens is 574 g/mol. The van der Waals surface area contributed by atoms with E-state index in [-0.39, 0.29) is 30.9 Å². The smallest absolute Gasteiger partial charge is 0.326 e. The van der Waals surface area contributed by atoms with E-state index in [0.29, 0.717) is 0 Å². The molecule has 3 unspecified atom stereocenters. The molecule has 14 heteroatoms. The Balaban J connectivity index is 0.00000227. The SMILES string of the molecule is CC(=O)O.CC(C)CC(NC(=O)C(Cc1ccccc1)NC(=O)CNC(=O)CNC(=O)C(N)Cc1ccc(O)cc1)C(=O)O. The van der Waals surface area contributed by atoms with Crippen molar-refractivity contribution in [1.29, 1.82) is 0 Å². The van der Waals surface area contributed by atoms with Gasteiger partial charge in [-0.05, 0) is 42.0 Å². The van der Waals surface area contributed by atoms with Crippen LogP contribution in [0.4, 0.5) is 0 Å². The van der Waals surface area contributed by atoms with Gasteiger partial charge in [0.05, 0.1) is 19.1 Å². The number of carbonyl (C=O) groups excluding carboxylic acids is 4. The normalized spacial score (nSPS) is 12.4. The predicted molar refractivity (Wildman–Crippen MR) is 160 cm³/mol. The highest BCUT2D eigenvalue weighted by atomic mass is 16.4. The van der Waals surface area contributed by atoms with Gasteiger partial charge in [0.15, 0.2) is 0 Å². The van der Waals surface area contributed by atoms with Gasteiger partial charge in [0.1, 0.15) is 17.8 Å². The third-order valence-electron chi connectivity index (χ3n) is 5.85. The molecule has 0 aliphatic rings. The van der Waals surface area contributed by atoms with E-state index < -0.39 is 66.8 Å². The number of benzene rings is 2. The molecular formula is C30H41N5O9. The van der Waals surface area contributed by atoms with Crippen LogP contribution in [-0.4, -0.2) is 82.1 Å². The van der Waals surface area contributed by atoms with Crippen LogP contribution in [0.1, 0.15) is 38.3 Å². The first-order valence-electron chi connectivity index (χ1n) is 13.8. The highest BCUT2D eigenvalue weighted by Gasteiger charge is 2.27. The first-order chi connectivity index (χ1) is 20.7. The number of amides is 4. The van der Waals surface area contributed by atoms with Gasteiger partial charge in [-0.15, -0.1) is 0 Å². The molecule has 240 valence electrons. The summed E-state index contributed by atoms with van der Waals surface area (Å²) in [5.74, 6) is -4.45. The van der Waals surface area contributed by atoms with Gasteiger partial charge in [0.25, 0.3) is 5.97 Å². The highest BCUT2D eigenvalue weighted by molar-refractivity contribution is 5.93. The summed E-state index contributed by atoms with van der Waals surface area (Å²) in [6.07, 6.45) is 0.518. The van der Waals surface area contributed by atoms with Crippen molar-refractivity contribution in [2.45, 2.75) is 58.2 Å². The molecule has 0 fully saturated rings. The minimum absolute atomic E-state index is 0.0154. The predicted octanol–water partition coefficient (Wildman–Crippen LogP) is -0.0717. The Morgan fingerprint density at radius 2 is 1.27 bits per heavy atom. The van der Waals surface area contributed by atoms with E-state index in [2.05, 4.69) is 21.3 Å². The van der Waals surface area contributed by atoms with E-state index in [1.807, 2.05) is 13.8 Å². The van der Waals surface area contributed by atoms with Crippen molar-refractivity contribution >= 4 is 35.6 Å². The Bertz CT molecular complexity index is 1250. The number of rotatable bonds is 15. The van der Waals surface area contributed by atoms with E-state index in [1.54, 1.807) is 42.5 Å². The fourth-order valence-electron chi connectivity index (χ4n) is 3.79. The zero-order valence-electron chi connectivity index (χ0n) is 24.9. The number of hydrogen-bond acceptors (Lipinski definition) is 8. The molecule has 0 aliphatic carbocycles. The van der Waals surface area contributed by atoms with Crippen LogP contribution in [0.15, 0.2) is 54.6 Å². The van der Waals surface area contributed by atoms with Gasteiger partial charge >= 0.3 is 5.97 Å². The van der Waals surface area contributed by atoms with Crippen LogP contribution in [-0.2, 0) is 41.6 Å². The lowest BCUT2D eigenvalue weighted by Crippen LogP contribution is -2.54. The number of hydrogen-bond donors (Lipinski definition) is 8. The number of phenols is 1. The van der Waals surface area contributed by atoms with Crippen molar-refractivity contribution in [3.8, 4) is 5.75 Å². The quantitative estimate of drug-likeness (QED) is 0.133. The average molecular weight is 616 g/mol. The monoisotopic (exact) mass is 615 g/mol. The topological polar surface area (TPSA) is 237 Å². The van der Waals surface area contributed by atoms with Crippen LogP contribution in [0, 0.1) is 5.92 Å². The van der Waals surface area contributed by atoms with Crippen molar-refractivity contribution in [1.82, 2.24) is 21.3 Å². The fourth-order valence-corrected chi connectivity index (χ4v) is 3.79. The van der Waals surface area contributed by atoms with E-state index >= 15 is 0 Å². The molecule has 4 amide bonds. The van der Waals surface area contributed by atoms with Crippen molar-refractivity contribution < 1.29 is 44.1 Å². The molecule has 0 saturated heterocycles. The maximum atomic E-state index is 13.0. The standard InChI is InChI=1S/C28H37N5O7.C2H4O2/c1-17(2)12-23(28(39)40)33-27(38)22(14-18-6-4-3-5-7-18)32-25(36)16-30-24(35)15-31-26(37)21(29)13-19-8-10-20(34)11-9-19;1-2(3)4/h3-11,17,21-23,34H,12-16,29H2,1-2H3,(H,30,35)(H,31,37)(H,32,36)(H,33,38)(H,39,40);1H3,(H,3,4). The summed E-state index contributed by atoms with van der Waals surface area (Å²) < 4.78 is 0. The lowest BCUT2D eigenvalue weighted by Gasteiger charge is -2.22. The summed E-state index contributed by atoms with van der Waals surface area (Å²) >= 11 is 0. The molecule has 3 atom stereocenters. The third-order valence-corrected chi connectivity index (χ3v) is 5.85. The summed E-state index contributed by atoms with van der Waals surface area (Å²) in [6, 6.07) is 12.0. The zero-order chi connectivity index (χ0) is 33.2. The second-order valence-corrected chi connectivity index (χ2v) is 10.3. The molecule has 44 heavy (non-hydrogen) atoms. The Hall–Kier alpha value is -4.98. The maximum Gasteiger partial charge on any atom is 0.326 e. The summed E-state index contributed by atoms with van der Waals surface area (Å²) in [6.45, 7) is 3.86. The fraction of sp³-hybridized carbons (Fsp3) is 0.400. The lowest BCUT2D eigenvalue weighted by atomic mass is 10.0. The molecule has 14 nitrogen and oxygen atoms in total. The minimum atomic E-state index is -1.18. The summed E-state index contributed by atoms with van der Waals surface area (Å²) in [7, 11) is 0. The van der Waals surface area contributed by atoms with Crippen molar-refractivity contribution in [3.63, 3.8) is 0 Å². The van der Waals surface area contributed by atoms with Gasteiger partial charge in [-0.25, -0.2) is 4.79 Å². The summed E-state index contributed by atoms with van der Waals surface area (Å²) in [4.78, 5) is 70.6. The van der Waals surface area contributed by atoms with Gasteiger partial charge in [-0.2, -0.15) is 0 Å². The number of phenolic OH excluding ortho intramolecular Hbond substituents is 1. The Labute approximate surface area is 255 Å². The number of aromatic hydroxyl groups is 1. The van der Waals surface area contributed by atoms with Crippen molar-refractivity contribution in [3.05, 3.63) is 65.7 Å². The lowest BCUT2D eigenvalue weighted by molar-refractivity contribution is -0.142. The maximum absolute atomic E-state index is 13.0. The third kappa shape index (κ3) is 15.9. The van der Waals surface area contributed by atoms with Gasteiger partial charge in [0.2, 0.25) is 23.6 Å². The number of aliphatic carboxylic acids is 2. The second-order valence-electron chi connectivity index (χ2n) is 10.3. The van der Waals surface area contributed by atoms with Crippen LogP contribution >= 0.6 is 0 Å². The molecule has 2 aromatic carbocycles. The van der Waals surface area contributed by atoms with E-state index in [9.17, 15) is 34.2 Å². The van der Waals surface area contributed by atoms with E-state index in [0.717, 1.165) is 18.1 Å². The van der Waals surface area contributed by atoms with Crippen LogP contribution in [0.3, 0.4) is 0 Å². The Morgan fingerprint density at radius 1 is 0.727 bits per heavy atom. The van der Waals surface area contributed by atoms with Gasteiger partial charge < -0.3 is 42.3 Å². The number of carbonyl (C=O) groups is 6. The van der Waals surface area contributed by atoms with Crippen molar-refractivity contribution in [2.75, 3.05) is 13.1 Å². The number of carboxylic acid groups (broad SMARTS) is 2. The van der Waals surface area contributed by atoms with Crippen LogP contribution in [0.5, 0.6) is 5.75 Å². The molecule has 0 radical (unpaired) electrons. The molecule has 0 saturated carbocycles. The van der Waals surface area contributed by atoms with Gasteiger partial charge in [0, 0.05) is 13.3 Å². The number of carboxylic acids is 2. The molecule has 0 bridgehead atoms. The molecule has 9 N–H and O–H groups in total. The molecule has 2 aromatic rings. The van der Waals surface area contributed by atoms with Crippen LogP contribution in [0.25, 0.3) is 0 Å². The second kappa shape index (κ2) is 19.3. The molecule has 0 spiro atoms. The summed E-state index contributed by atoms with van der Waals surface area (Å²) in [5, 5.41) is 36.0. The molecule has 0 aliphatic heterocycles. The number of nitrogens with two attached hydrogens (primary N) is 1. The zero-order valence-corrected chi connectivity index (χ0v) is 24.9. The number of nitrogens with one attached hydrogen (secondary N) is 4. The first kappa shape index (κ1) is 37.0.